The van der Waals surface area contributed by atoms with Crippen molar-refractivity contribution in [3.05, 3.63) is 46.1 Å². The third-order valence-corrected chi connectivity index (χ3v) is 5.15. The molecule has 0 atom stereocenters. The summed E-state index contributed by atoms with van der Waals surface area (Å²) in [5.74, 6) is 0.339. The second kappa shape index (κ2) is 5.31. The molecule has 110 valence electrons. The molecule has 0 spiro atoms. The maximum Gasteiger partial charge on any atom is 0.263 e. The Morgan fingerprint density at radius 2 is 2.14 bits per heavy atom. The molecule has 2 N–H and O–H groups in total. The SMILES string of the molecule is Cc1cc(Br)cnc1NS(=O)(=O)c1ccc2c(c1)NCC2. The number of benzene rings is 1. The van der Waals surface area contributed by atoms with Crippen LogP contribution in [0.25, 0.3) is 0 Å². The normalized spacial score (nSPS) is 13.6. The summed E-state index contributed by atoms with van der Waals surface area (Å²) < 4.78 is 28.2. The lowest BCUT2D eigenvalue weighted by molar-refractivity contribution is 0.601. The Morgan fingerprint density at radius 3 is 2.90 bits per heavy atom. The van der Waals surface area contributed by atoms with Gasteiger partial charge in [0.1, 0.15) is 5.82 Å². The lowest BCUT2D eigenvalue weighted by Crippen LogP contribution is -2.15. The van der Waals surface area contributed by atoms with Gasteiger partial charge in [-0.1, -0.05) is 6.07 Å². The fourth-order valence-corrected chi connectivity index (χ4v) is 3.82. The fraction of sp³-hybridized carbons (Fsp3) is 0.214. The molecule has 0 radical (unpaired) electrons. The van der Waals surface area contributed by atoms with Crippen LogP contribution in [0, 0.1) is 6.92 Å². The molecule has 2 aromatic rings. The van der Waals surface area contributed by atoms with Gasteiger partial charge < -0.3 is 5.32 Å². The first-order chi connectivity index (χ1) is 9.95. The Morgan fingerprint density at radius 1 is 1.33 bits per heavy atom. The van der Waals surface area contributed by atoms with Crippen molar-refractivity contribution in [2.24, 2.45) is 0 Å². The van der Waals surface area contributed by atoms with Gasteiger partial charge in [0.25, 0.3) is 10.0 Å². The van der Waals surface area contributed by atoms with Gasteiger partial charge in [0, 0.05) is 22.9 Å². The number of rotatable bonds is 3. The zero-order valence-corrected chi connectivity index (χ0v) is 13.8. The summed E-state index contributed by atoms with van der Waals surface area (Å²) in [6.07, 6.45) is 2.49. The minimum atomic E-state index is -3.64. The van der Waals surface area contributed by atoms with Crippen molar-refractivity contribution in [1.82, 2.24) is 4.98 Å². The molecule has 0 fully saturated rings. The zero-order valence-electron chi connectivity index (χ0n) is 11.4. The summed E-state index contributed by atoms with van der Waals surface area (Å²) in [5.41, 5.74) is 2.79. The molecular weight excluding hydrogens is 354 g/mol. The number of fused-ring (bicyclic) bond motifs is 1. The van der Waals surface area contributed by atoms with E-state index >= 15 is 0 Å². The molecule has 0 unspecified atom stereocenters. The number of nitrogens with zero attached hydrogens (tertiary/aromatic N) is 1. The van der Waals surface area contributed by atoms with Crippen LogP contribution in [0.1, 0.15) is 11.1 Å². The Hall–Kier alpha value is -1.60. The van der Waals surface area contributed by atoms with Crippen LogP contribution in [0.4, 0.5) is 11.5 Å². The number of nitrogens with one attached hydrogen (secondary N) is 2. The minimum absolute atomic E-state index is 0.236. The number of pyridine rings is 1. The second-order valence-electron chi connectivity index (χ2n) is 4.92. The van der Waals surface area contributed by atoms with Gasteiger partial charge in [-0.25, -0.2) is 13.4 Å². The van der Waals surface area contributed by atoms with Gasteiger partial charge in [-0.2, -0.15) is 0 Å². The third-order valence-electron chi connectivity index (χ3n) is 3.38. The van der Waals surface area contributed by atoms with Crippen LogP contribution in [-0.2, 0) is 16.4 Å². The van der Waals surface area contributed by atoms with Crippen LogP contribution in [-0.4, -0.2) is 19.9 Å². The van der Waals surface area contributed by atoms with Crippen LogP contribution in [0.2, 0.25) is 0 Å². The molecule has 1 aromatic carbocycles. The Kier molecular flexibility index (Phi) is 3.62. The second-order valence-corrected chi connectivity index (χ2v) is 7.52. The highest BCUT2D eigenvalue weighted by Crippen LogP contribution is 2.27. The summed E-state index contributed by atoms with van der Waals surface area (Å²) in [7, 11) is -3.64. The predicted octanol–water partition coefficient (Wildman–Crippen LogP) is 2.92. The number of hydrogen-bond donors (Lipinski definition) is 2. The number of sulfonamides is 1. The van der Waals surface area contributed by atoms with Crippen molar-refractivity contribution in [1.29, 1.82) is 0 Å². The largest absolute Gasteiger partial charge is 0.384 e. The van der Waals surface area contributed by atoms with Crippen molar-refractivity contribution < 1.29 is 8.42 Å². The van der Waals surface area contributed by atoms with E-state index in [2.05, 4.69) is 31.0 Å². The van der Waals surface area contributed by atoms with Gasteiger partial charge in [-0.3, -0.25) is 4.72 Å². The first-order valence-electron chi connectivity index (χ1n) is 6.47. The quantitative estimate of drug-likeness (QED) is 0.874. The number of anilines is 2. The molecule has 21 heavy (non-hydrogen) atoms. The summed E-state index contributed by atoms with van der Waals surface area (Å²) in [6, 6.07) is 6.96. The maximum absolute atomic E-state index is 12.4. The monoisotopic (exact) mass is 367 g/mol. The fourth-order valence-electron chi connectivity index (χ4n) is 2.27. The average molecular weight is 368 g/mol. The summed E-state index contributed by atoms with van der Waals surface area (Å²) in [4.78, 5) is 4.34. The Labute approximate surface area is 132 Å². The molecule has 0 saturated heterocycles. The Balaban J connectivity index is 1.93. The summed E-state index contributed by atoms with van der Waals surface area (Å²) in [5, 5.41) is 3.18. The Bertz CT molecular complexity index is 806. The van der Waals surface area contributed by atoms with E-state index < -0.39 is 10.0 Å². The summed E-state index contributed by atoms with van der Waals surface area (Å²) >= 11 is 3.31. The van der Waals surface area contributed by atoms with Crippen LogP contribution >= 0.6 is 15.9 Å². The highest BCUT2D eigenvalue weighted by molar-refractivity contribution is 9.10. The van der Waals surface area contributed by atoms with E-state index in [-0.39, 0.29) is 4.90 Å². The molecule has 0 bridgehead atoms. The minimum Gasteiger partial charge on any atom is -0.384 e. The topological polar surface area (TPSA) is 71.1 Å². The molecule has 0 aliphatic carbocycles. The van der Waals surface area contributed by atoms with E-state index in [4.69, 9.17) is 0 Å². The van der Waals surface area contributed by atoms with Crippen LogP contribution < -0.4 is 10.0 Å². The van der Waals surface area contributed by atoms with Gasteiger partial charge in [-0.15, -0.1) is 0 Å². The van der Waals surface area contributed by atoms with Gasteiger partial charge in [-0.05, 0) is 58.6 Å². The molecule has 1 aromatic heterocycles. The molecule has 0 amide bonds. The first-order valence-corrected chi connectivity index (χ1v) is 8.75. The zero-order chi connectivity index (χ0) is 15.0. The maximum atomic E-state index is 12.4. The third kappa shape index (κ3) is 2.89. The van der Waals surface area contributed by atoms with Crippen molar-refractivity contribution >= 4 is 37.5 Å². The van der Waals surface area contributed by atoms with Crippen molar-refractivity contribution in [2.75, 3.05) is 16.6 Å². The van der Waals surface area contributed by atoms with Crippen LogP contribution in [0.15, 0.2) is 39.8 Å². The van der Waals surface area contributed by atoms with E-state index in [0.29, 0.717) is 5.82 Å². The molecule has 1 aliphatic rings. The standard InChI is InChI=1S/C14H14BrN3O2S/c1-9-6-11(15)8-17-14(9)18-21(19,20)12-3-2-10-4-5-16-13(10)7-12/h2-3,6-8,16H,4-5H2,1H3,(H,17,18). The average Bonchev–Trinajstić information content (AvgIpc) is 2.89. The number of hydrogen-bond acceptors (Lipinski definition) is 4. The smallest absolute Gasteiger partial charge is 0.263 e. The first kappa shape index (κ1) is 14.3. The molecule has 5 nitrogen and oxygen atoms in total. The van der Waals surface area contributed by atoms with E-state index in [1.165, 1.54) is 0 Å². The highest BCUT2D eigenvalue weighted by Gasteiger charge is 2.19. The number of aromatic nitrogens is 1. The molecule has 7 heteroatoms. The van der Waals surface area contributed by atoms with Crippen LogP contribution in [0.3, 0.4) is 0 Å². The van der Waals surface area contributed by atoms with E-state index in [9.17, 15) is 8.42 Å². The summed E-state index contributed by atoms with van der Waals surface area (Å²) in [6.45, 7) is 2.65. The highest BCUT2D eigenvalue weighted by atomic mass is 79.9. The lowest BCUT2D eigenvalue weighted by Gasteiger charge is -2.11. The van der Waals surface area contributed by atoms with Crippen molar-refractivity contribution in [3.8, 4) is 0 Å². The van der Waals surface area contributed by atoms with E-state index in [1.807, 2.05) is 12.1 Å². The van der Waals surface area contributed by atoms with Crippen molar-refractivity contribution in [3.63, 3.8) is 0 Å². The van der Waals surface area contributed by atoms with Crippen molar-refractivity contribution in [2.45, 2.75) is 18.2 Å². The molecular formula is C14H14BrN3O2S. The molecule has 0 saturated carbocycles. The van der Waals surface area contributed by atoms with Gasteiger partial charge >= 0.3 is 0 Å². The van der Waals surface area contributed by atoms with E-state index in [1.54, 1.807) is 25.3 Å². The number of halogens is 1. The molecule has 3 rings (SSSR count). The molecule has 2 heterocycles. The van der Waals surface area contributed by atoms with Gasteiger partial charge in [0.05, 0.1) is 4.90 Å². The molecule has 1 aliphatic heterocycles. The predicted molar refractivity (Wildman–Crippen MR) is 86.1 cm³/mol. The number of aryl methyl sites for hydroxylation is 1. The van der Waals surface area contributed by atoms with Gasteiger partial charge in [0.15, 0.2) is 0 Å². The van der Waals surface area contributed by atoms with Gasteiger partial charge in [0.2, 0.25) is 0 Å². The van der Waals surface area contributed by atoms with E-state index in [0.717, 1.165) is 34.3 Å². The lowest BCUT2D eigenvalue weighted by atomic mass is 10.2. The van der Waals surface area contributed by atoms with Crippen LogP contribution in [0.5, 0.6) is 0 Å².